The molecule has 0 amide bonds. The van der Waals surface area contributed by atoms with E-state index < -0.39 is 10.0 Å². The third-order valence-electron chi connectivity index (χ3n) is 3.34. The number of sulfonamides is 1. The second kappa shape index (κ2) is 5.24. The summed E-state index contributed by atoms with van der Waals surface area (Å²) >= 11 is 1.26. The van der Waals surface area contributed by atoms with Crippen LogP contribution in [0.15, 0.2) is 4.21 Å². The second-order valence-electron chi connectivity index (χ2n) is 4.69. The molecule has 102 valence electrons. The van der Waals surface area contributed by atoms with E-state index in [2.05, 4.69) is 4.98 Å². The normalized spacial score (nSPS) is 19.3. The number of piperidine rings is 1. The van der Waals surface area contributed by atoms with Crippen molar-refractivity contribution in [2.45, 2.75) is 30.9 Å². The van der Waals surface area contributed by atoms with Crippen LogP contribution in [0.4, 0.5) is 0 Å². The third-order valence-corrected chi connectivity index (χ3v) is 6.90. The zero-order valence-corrected chi connectivity index (χ0v) is 12.4. The predicted molar refractivity (Wildman–Crippen MR) is 72.1 cm³/mol. The minimum atomic E-state index is -3.35. The van der Waals surface area contributed by atoms with Crippen molar-refractivity contribution in [3.05, 3.63) is 10.7 Å². The Labute approximate surface area is 112 Å². The molecule has 1 aromatic rings. The summed E-state index contributed by atoms with van der Waals surface area (Å²) in [4.78, 5) is 4.20. The molecule has 2 heterocycles. The van der Waals surface area contributed by atoms with Crippen molar-refractivity contribution in [2.75, 3.05) is 19.6 Å². The Kier molecular flexibility index (Phi) is 4.05. The van der Waals surface area contributed by atoms with Crippen LogP contribution in [0.5, 0.6) is 0 Å². The molecule has 1 saturated heterocycles. The van der Waals surface area contributed by atoms with Crippen molar-refractivity contribution in [2.24, 2.45) is 11.7 Å². The number of nitrogens with two attached hydrogens (primary N) is 1. The molecule has 0 radical (unpaired) electrons. The van der Waals surface area contributed by atoms with Gasteiger partial charge in [-0.15, -0.1) is 11.3 Å². The van der Waals surface area contributed by atoms with E-state index in [4.69, 9.17) is 5.73 Å². The van der Waals surface area contributed by atoms with E-state index in [9.17, 15) is 8.42 Å². The maximum absolute atomic E-state index is 12.5. The van der Waals surface area contributed by atoms with E-state index >= 15 is 0 Å². The number of thiazole rings is 1. The number of rotatable bonds is 3. The molecule has 0 aromatic carbocycles. The lowest BCUT2D eigenvalue weighted by Gasteiger charge is -2.30. The predicted octanol–water partition coefficient (Wildman–Crippen LogP) is 1.12. The van der Waals surface area contributed by atoms with E-state index in [1.54, 1.807) is 11.2 Å². The Morgan fingerprint density at radius 3 is 2.44 bits per heavy atom. The van der Waals surface area contributed by atoms with Gasteiger partial charge in [-0.3, -0.25) is 0 Å². The van der Waals surface area contributed by atoms with Crippen LogP contribution in [0.3, 0.4) is 0 Å². The number of nitrogens with zero attached hydrogens (tertiary/aromatic N) is 2. The Balaban J connectivity index is 2.20. The van der Waals surface area contributed by atoms with E-state index in [1.165, 1.54) is 11.3 Å². The first-order valence-electron chi connectivity index (χ1n) is 6.09. The maximum Gasteiger partial charge on any atom is 0.254 e. The lowest BCUT2D eigenvalue weighted by molar-refractivity contribution is 0.279. The SMILES string of the molecule is Cc1nc(C)c(S(=O)(=O)N2CCC(CN)CC2)s1. The van der Waals surface area contributed by atoms with Crippen molar-refractivity contribution >= 4 is 21.4 Å². The molecule has 0 aliphatic carbocycles. The quantitative estimate of drug-likeness (QED) is 0.904. The van der Waals surface area contributed by atoms with Crippen molar-refractivity contribution in [1.29, 1.82) is 0 Å². The molecule has 0 spiro atoms. The van der Waals surface area contributed by atoms with Gasteiger partial charge in [0.2, 0.25) is 0 Å². The third kappa shape index (κ3) is 2.59. The molecule has 0 bridgehead atoms. The van der Waals surface area contributed by atoms with Gasteiger partial charge in [0.1, 0.15) is 0 Å². The molecule has 1 aliphatic heterocycles. The smallest absolute Gasteiger partial charge is 0.254 e. The highest BCUT2D eigenvalue weighted by Crippen LogP contribution is 2.29. The Morgan fingerprint density at radius 2 is 2.00 bits per heavy atom. The van der Waals surface area contributed by atoms with Gasteiger partial charge in [0.25, 0.3) is 10.0 Å². The van der Waals surface area contributed by atoms with Gasteiger partial charge in [-0.25, -0.2) is 13.4 Å². The average molecular weight is 289 g/mol. The molecule has 18 heavy (non-hydrogen) atoms. The highest BCUT2D eigenvalue weighted by molar-refractivity contribution is 7.91. The van der Waals surface area contributed by atoms with Gasteiger partial charge in [-0.05, 0) is 39.2 Å². The number of aryl methyl sites for hydroxylation is 2. The van der Waals surface area contributed by atoms with Crippen molar-refractivity contribution in [1.82, 2.24) is 9.29 Å². The molecule has 2 rings (SSSR count). The molecule has 7 heteroatoms. The molecule has 0 unspecified atom stereocenters. The first-order valence-corrected chi connectivity index (χ1v) is 8.35. The Morgan fingerprint density at radius 1 is 1.39 bits per heavy atom. The number of hydrogen-bond donors (Lipinski definition) is 1. The lowest BCUT2D eigenvalue weighted by atomic mass is 9.99. The van der Waals surface area contributed by atoms with Crippen LogP contribution >= 0.6 is 11.3 Å². The number of hydrogen-bond acceptors (Lipinski definition) is 5. The van der Waals surface area contributed by atoms with Gasteiger partial charge < -0.3 is 5.73 Å². The summed E-state index contributed by atoms with van der Waals surface area (Å²) in [6.45, 7) is 5.37. The fourth-order valence-corrected chi connectivity index (χ4v) is 5.34. The monoisotopic (exact) mass is 289 g/mol. The molecule has 1 fully saturated rings. The lowest BCUT2D eigenvalue weighted by Crippen LogP contribution is -2.39. The van der Waals surface area contributed by atoms with Gasteiger partial charge in [-0.1, -0.05) is 0 Å². The van der Waals surface area contributed by atoms with Crippen molar-refractivity contribution in [3.8, 4) is 0 Å². The Bertz CT molecular complexity index is 516. The minimum Gasteiger partial charge on any atom is -0.330 e. The maximum atomic E-state index is 12.5. The summed E-state index contributed by atoms with van der Waals surface area (Å²) < 4.78 is 26.9. The van der Waals surface area contributed by atoms with Gasteiger partial charge in [0.05, 0.1) is 10.7 Å². The van der Waals surface area contributed by atoms with Crippen LogP contribution in [0.2, 0.25) is 0 Å². The fourth-order valence-electron chi connectivity index (χ4n) is 2.25. The van der Waals surface area contributed by atoms with E-state index in [1.807, 2.05) is 6.92 Å². The second-order valence-corrected chi connectivity index (χ2v) is 8.03. The molecule has 2 N–H and O–H groups in total. The van der Waals surface area contributed by atoms with Crippen LogP contribution in [-0.2, 0) is 10.0 Å². The first-order chi connectivity index (χ1) is 8.45. The molecule has 0 saturated carbocycles. The van der Waals surface area contributed by atoms with Crippen molar-refractivity contribution in [3.63, 3.8) is 0 Å². The van der Waals surface area contributed by atoms with Crippen LogP contribution < -0.4 is 5.73 Å². The molecule has 1 aromatic heterocycles. The van der Waals surface area contributed by atoms with E-state index in [-0.39, 0.29) is 0 Å². The molecule has 0 atom stereocenters. The van der Waals surface area contributed by atoms with Gasteiger partial charge in [-0.2, -0.15) is 4.31 Å². The van der Waals surface area contributed by atoms with E-state index in [0.717, 1.165) is 17.8 Å². The van der Waals surface area contributed by atoms with Gasteiger partial charge >= 0.3 is 0 Å². The minimum absolute atomic E-state index is 0.395. The van der Waals surface area contributed by atoms with Crippen LogP contribution in [-0.4, -0.2) is 37.3 Å². The Hall–Kier alpha value is -0.500. The highest BCUT2D eigenvalue weighted by atomic mass is 32.2. The van der Waals surface area contributed by atoms with Gasteiger partial charge in [0, 0.05) is 13.1 Å². The van der Waals surface area contributed by atoms with Crippen LogP contribution in [0, 0.1) is 19.8 Å². The molecular formula is C11H19N3O2S2. The zero-order valence-electron chi connectivity index (χ0n) is 10.7. The zero-order chi connectivity index (χ0) is 13.3. The van der Waals surface area contributed by atoms with Crippen LogP contribution in [0.1, 0.15) is 23.5 Å². The molecular weight excluding hydrogens is 270 g/mol. The molecule has 1 aliphatic rings. The van der Waals surface area contributed by atoms with Crippen LogP contribution in [0.25, 0.3) is 0 Å². The standard InChI is InChI=1S/C11H19N3O2S2/c1-8-11(17-9(2)13-8)18(15,16)14-5-3-10(7-12)4-6-14/h10H,3-7,12H2,1-2H3. The average Bonchev–Trinajstić information content (AvgIpc) is 2.69. The van der Waals surface area contributed by atoms with E-state index in [0.29, 0.717) is 35.5 Å². The fraction of sp³-hybridized carbons (Fsp3) is 0.727. The summed E-state index contributed by atoms with van der Waals surface area (Å²) in [5.41, 5.74) is 6.23. The van der Waals surface area contributed by atoms with Gasteiger partial charge in [0.15, 0.2) is 4.21 Å². The summed E-state index contributed by atoms with van der Waals surface area (Å²) in [6, 6.07) is 0. The summed E-state index contributed by atoms with van der Waals surface area (Å²) in [5.74, 6) is 0.459. The van der Waals surface area contributed by atoms with Crippen molar-refractivity contribution < 1.29 is 8.42 Å². The largest absolute Gasteiger partial charge is 0.330 e. The summed E-state index contributed by atoms with van der Waals surface area (Å²) in [7, 11) is -3.35. The summed E-state index contributed by atoms with van der Waals surface area (Å²) in [6.07, 6.45) is 1.71. The topological polar surface area (TPSA) is 76.3 Å². The highest BCUT2D eigenvalue weighted by Gasteiger charge is 2.31. The molecule has 5 nitrogen and oxygen atoms in total. The first kappa shape index (κ1) is 13.9. The summed E-state index contributed by atoms with van der Waals surface area (Å²) in [5, 5.41) is 0.794. The number of aromatic nitrogens is 1.